The molecular formula is C56H59Br2ClF2N14O7S3. The average Bonchev–Trinajstić information content (AvgIpc) is 2.20. The molecular weight excluding hydrogens is 1310 g/mol. The predicted molar refractivity (Wildman–Crippen MR) is 337 cm³/mol. The van der Waals surface area contributed by atoms with Crippen molar-refractivity contribution in [2.75, 3.05) is 23.7 Å². The summed E-state index contributed by atoms with van der Waals surface area (Å²) in [6.07, 6.45) is 4.79. The molecule has 448 valence electrons. The molecule has 10 rings (SSSR count). The van der Waals surface area contributed by atoms with Gasteiger partial charge < -0.3 is 26.0 Å². The van der Waals surface area contributed by atoms with Crippen molar-refractivity contribution in [1.29, 1.82) is 0 Å². The standard InChI is InChI=1S/C28H27BrFN7O3.C18H18N4O3.C10H11BrFN3O.ClH.S2.H2S/c1-15(2)27-31-11-18(12-32-27)17-7-8-21-20(9-17)26(16(3)38)35-37(21)14-25(39)36-13-19(30)10-22(36)28(40)34-24-6-4-5-23(29)33-24;1-10(2)18-19-7-13(8-20-18)12-4-5-15-14(6-12)17(11(3)23)21-22(15)9-16(24)25;11-8-2-1-3-9(14-8)15-10(16)7-4-6(12)5-13-7;;1-2;/h4-9,11-12,15,19,22H,10,13-14H2,1-3H3,(H,33,34,40);4-8,10H,9H2,1-3H3,(H,24,25);1-3,6-7,13H,4-5H2,(H,14,15,16);1H;;1H2/t19-,22+;;6-,7+;;;/m1.1.../s1. The van der Waals surface area contributed by atoms with E-state index in [1.807, 2.05) is 52.0 Å². The number of hydrogen-bond donors (Lipinski definition) is 4. The number of halogens is 5. The quantitative estimate of drug-likeness (QED) is 0.0582. The first-order valence-corrected chi connectivity index (χ1v) is 28.8. The third-order valence-electron chi connectivity index (χ3n) is 13.0. The van der Waals surface area contributed by atoms with Crippen LogP contribution in [-0.2, 0) is 54.6 Å². The van der Waals surface area contributed by atoms with Gasteiger partial charge in [-0.25, -0.2) is 38.7 Å². The van der Waals surface area contributed by atoms with E-state index in [1.165, 1.54) is 28.1 Å². The number of carbonyl (C=O) groups is 6. The molecule has 0 radical (unpaired) electrons. The van der Waals surface area contributed by atoms with Crippen LogP contribution in [0.1, 0.15) is 98.8 Å². The van der Waals surface area contributed by atoms with Crippen molar-refractivity contribution in [3.05, 3.63) is 130 Å². The van der Waals surface area contributed by atoms with E-state index < -0.39 is 42.2 Å². The molecule has 0 aliphatic carbocycles. The smallest absolute Gasteiger partial charge is 0.325 e. The summed E-state index contributed by atoms with van der Waals surface area (Å²) in [5.41, 5.74) is 4.90. The van der Waals surface area contributed by atoms with Gasteiger partial charge in [0.2, 0.25) is 17.7 Å². The van der Waals surface area contributed by atoms with E-state index in [-0.39, 0.29) is 106 Å². The normalized spacial score (nSPS) is 15.9. The van der Waals surface area contributed by atoms with Crippen LogP contribution >= 0.6 is 57.8 Å². The van der Waals surface area contributed by atoms with Crippen LogP contribution in [0.3, 0.4) is 0 Å². The second-order valence-corrected chi connectivity index (χ2v) is 21.4. The number of carboxylic acids is 1. The molecule has 0 bridgehead atoms. The molecule has 0 spiro atoms. The van der Waals surface area contributed by atoms with Gasteiger partial charge in [0.25, 0.3) is 0 Å². The minimum absolute atomic E-state index is 0. The van der Waals surface area contributed by atoms with Gasteiger partial charge >= 0.3 is 5.97 Å². The number of hydrogen-bond acceptors (Lipinski definition) is 17. The number of amides is 3. The number of aliphatic carboxylic acids is 1. The molecule has 2 aliphatic rings. The number of anilines is 2. The maximum Gasteiger partial charge on any atom is 0.325 e. The lowest BCUT2D eigenvalue weighted by atomic mass is 10.0. The molecule has 8 heterocycles. The lowest BCUT2D eigenvalue weighted by Crippen LogP contribution is -2.44. The van der Waals surface area contributed by atoms with Crippen LogP contribution in [0.15, 0.2) is 107 Å². The molecule has 85 heavy (non-hydrogen) atoms. The summed E-state index contributed by atoms with van der Waals surface area (Å²) in [6.45, 7) is 10.4. The highest BCUT2D eigenvalue weighted by Crippen LogP contribution is 2.30. The van der Waals surface area contributed by atoms with Gasteiger partial charge in [-0.3, -0.25) is 38.1 Å². The molecule has 29 heteroatoms. The average molecular weight is 1370 g/mol. The number of alkyl halides is 2. The van der Waals surface area contributed by atoms with Crippen molar-refractivity contribution >= 4 is 149 Å². The number of Topliss-reactive ketones (excluding diaryl/α,β-unsaturated/α-hetero) is 2. The van der Waals surface area contributed by atoms with Gasteiger partial charge in [-0.2, -0.15) is 23.7 Å². The van der Waals surface area contributed by atoms with Gasteiger partial charge in [-0.15, -0.1) is 12.4 Å². The van der Waals surface area contributed by atoms with Crippen molar-refractivity contribution in [3.8, 4) is 22.3 Å². The maximum atomic E-state index is 14.4. The lowest BCUT2D eigenvalue weighted by Gasteiger charge is -2.23. The Morgan fingerprint density at radius 3 is 1.51 bits per heavy atom. The number of likely N-dealkylation sites (tertiary alicyclic amines) is 1. The summed E-state index contributed by atoms with van der Waals surface area (Å²) in [7, 11) is 0. The summed E-state index contributed by atoms with van der Waals surface area (Å²) >= 11 is 13.8. The Morgan fingerprint density at radius 1 is 0.659 bits per heavy atom. The lowest BCUT2D eigenvalue weighted by molar-refractivity contribution is -0.138. The van der Waals surface area contributed by atoms with Gasteiger partial charge in [0.1, 0.15) is 75.4 Å². The van der Waals surface area contributed by atoms with E-state index in [0.29, 0.717) is 42.6 Å². The van der Waals surface area contributed by atoms with E-state index in [0.717, 1.165) is 33.9 Å². The highest BCUT2D eigenvalue weighted by molar-refractivity contribution is 9.10. The van der Waals surface area contributed by atoms with Crippen LogP contribution in [0, 0.1) is 0 Å². The van der Waals surface area contributed by atoms with E-state index in [9.17, 15) is 37.5 Å². The minimum Gasteiger partial charge on any atom is -0.480 e. The number of nitrogens with one attached hydrogen (secondary N) is 3. The number of ketones is 2. The number of rotatable bonds is 14. The largest absolute Gasteiger partial charge is 0.480 e. The summed E-state index contributed by atoms with van der Waals surface area (Å²) in [5, 5.41) is 26.9. The fourth-order valence-corrected chi connectivity index (χ4v) is 9.66. The van der Waals surface area contributed by atoms with Crippen LogP contribution in [0.2, 0.25) is 0 Å². The Labute approximate surface area is 527 Å². The molecule has 2 aromatic carbocycles. The Balaban J connectivity index is 0.000000250. The van der Waals surface area contributed by atoms with Gasteiger partial charge in [0, 0.05) is 114 Å². The van der Waals surface area contributed by atoms with Gasteiger partial charge in [0.05, 0.1) is 23.6 Å². The number of fused-ring (bicyclic) bond motifs is 2. The molecule has 0 saturated carbocycles. The summed E-state index contributed by atoms with van der Waals surface area (Å²) < 4.78 is 31.3. The molecule has 6 aromatic heterocycles. The Bertz CT molecular complexity index is 3700. The Morgan fingerprint density at radius 2 is 1.11 bits per heavy atom. The molecule has 4 N–H and O–H groups in total. The molecule has 2 fully saturated rings. The zero-order valence-electron chi connectivity index (χ0n) is 46.5. The third kappa shape index (κ3) is 17.8. The summed E-state index contributed by atoms with van der Waals surface area (Å²) in [4.78, 5) is 100. The van der Waals surface area contributed by atoms with Gasteiger partial charge in [0.15, 0.2) is 11.6 Å². The van der Waals surface area contributed by atoms with Crippen LogP contribution in [0.4, 0.5) is 20.4 Å². The zero-order valence-corrected chi connectivity index (χ0v) is 53.1. The topological polar surface area (TPSA) is 275 Å². The number of carbonyl (C=O) groups excluding carboxylic acids is 5. The van der Waals surface area contributed by atoms with Gasteiger partial charge in [-0.1, -0.05) is 52.0 Å². The second kappa shape index (κ2) is 31.4. The fraction of sp³-hybridized carbons (Fsp3) is 0.321. The first kappa shape index (κ1) is 68.7. The number of pyridine rings is 2. The maximum absolute atomic E-state index is 14.4. The fourth-order valence-electron chi connectivity index (χ4n) is 8.98. The number of carboxylic acid groups (broad SMARTS) is 1. The summed E-state index contributed by atoms with van der Waals surface area (Å²) in [5.74, 6) is -0.0396. The van der Waals surface area contributed by atoms with Crippen LogP contribution < -0.4 is 16.0 Å². The van der Waals surface area contributed by atoms with Crippen molar-refractivity contribution < 1.29 is 42.7 Å². The molecule has 3 amide bonds. The molecule has 2 aliphatic heterocycles. The molecule has 8 aromatic rings. The van der Waals surface area contributed by atoms with Crippen LogP contribution in [0.5, 0.6) is 0 Å². The number of aromatic nitrogens is 10. The van der Waals surface area contributed by atoms with Crippen molar-refractivity contribution in [3.63, 3.8) is 0 Å². The highest BCUT2D eigenvalue weighted by Gasteiger charge is 2.40. The van der Waals surface area contributed by atoms with Crippen LogP contribution in [0.25, 0.3) is 44.1 Å². The molecule has 0 unspecified atom stereocenters. The number of nitrogens with zero attached hydrogens (tertiary/aromatic N) is 11. The van der Waals surface area contributed by atoms with Crippen molar-refractivity contribution in [2.45, 2.75) is 104 Å². The Kier molecular flexibility index (Phi) is 25.3. The first-order valence-electron chi connectivity index (χ1n) is 25.9. The van der Waals surface area contributed by atoms with Gasteiger partial charge in [-0.05, 0) is 91.5 Å². The van der Waals surface area contributed by atoms with E-state index in [1.54, 1.807) is 73.3 Å². The second-order valence-electron chi connectivity index (χ2n) is 19.8. The monoisotopic (exact) mass is 1370 g/mol. The van der Waals surface area contributed by atoms with Crippen molar-refractivity contribution in [1.82, 2.24) is 59.7 Å². The minimum atomic E-state index is -1.34. The zero-order chi connectivity index (χ0) is 60.2. The van der Waals surface area contributed by atoms with E-state index in [2.05, 4.69) is 110 Å². The van der Waals surface area contributed by atoms with E-state index in [4.69, 9.17) is 5.11 Å². The third-order valence-corrected chi connectivity index (χ3v) is 13.9. The van der Waals surface area contributed by atoms with E-state index >= 15 is 0 Å². The highest BCUT2D eigenvalue weighted by atomic mass is 79.9. The summed E-state index contributed by atoms with van der Waals surface area (Å²) in [6, 6.07) is 19.7. The SMILES string of the molecule is CC(=O)c1nn(CC(=O)N2C[C@H](F)C[C@H]2C(=O)Nc2cccc(Br)n2)c2ccc(-c3cnc(C(C)C)nc3)cc12.CC(=O)c1nn(CC(=O)O)c2ccc(-c3cnc(C(C)C)nc3)cc12.Cl.O=C(Nc1cccc(Br)n1)[C@@H]1C[C@@H](F)CN1.S.S=S. The first-order chi connectivity index (χ1) is 39.6. The van der Waals surface area contributed by atoms with Crippen LogP contribution in [-0.4, -0.2) is 132 Å². The Hall–Kier alpha value is -7.08. The molecule has 2 saturated heterocycles. The van der Waals surface area contributed by atoms with Crippen molar-refractivity contribution in [2.24, 2.45) is 0 Å². The molecule has 4 atom stereocenters. The number of benzene rings is 2. The molecule has 21 nitrogen and oxygen atoms in total. The predicted octanol–water partition coefficient (Wildman–Crippen LogP) is 9.47.